The molecule has 1 aromatic rings. The summed E-state index contributed by atoms with van der Waals surface area (Å²) in [5, 5.41) is 2.38. The van der Waals surface area contributed by atoms with Crippen LogP contribution in [0.5, 0.6) is 0 Å². The van der Waals surface area contributed by atoms with Crippen molar-refractivity contribution >= 4 is 29.4 Å². The van der Waals surface area contributed by atoms with Crippen LogP contribution in [-0.4, -0.2) is 30.0 Å². The van der Waals surface area contributed by atoms with E-state index < -0.39 is 23.4 Å². The number of ether oxygens (including phenoxy) is 2. The van der Waals surface area contributed by atoms with Gasteiger partial charge in [-0.15, -0.1) is 11.6 Å². The number of hydrogen-bond donors (Lipinski definition) is 1. The van der Waals surface area contributed by atoms with Crippen molar-refractivity contribution in [3.05, 3.63) is 35.4 Å². The summed E-state index contributed by atoms with van der Waals surface area (Å²) in [6.07, 6.45) is 0.0232. The number of amides is 1. The number of carbonyl (C=O) groups is 3. The summed E-state index contributed by atoms with van der Waals surface area (Å²) < 4.78 is 10.2. The van der Waals surface area contributed by atoms with Crippen LogP contribution in [0, 0.1) is 0 Å². The molecule has 1 amide bonds. The number of hydrogen-bond acceptors (Lipinski definition) is 5. The molecule has 0 spiro atoms. The molecule has 1 rings (SSSR count). The molecule has 0 aliphatic heterocycles. The molecule has 0 radical (unpaired) electrons. The Morgan fingerprint density at radius 3 is 2.04 bits per heavy atom. The smallest absolute Gasteiger partial charge is 0.344 e. The molecular formula is C17H22ClNO5. The van der Waals surface area contributed by atoms with Gasteiger partial charge in [-0.25, -0.2) is 9.59 Å². The normalized spacial score (nSPS) is 12.8. The Labute approximate surface area is 146 Å². The van der Waals surface area contributed by atoms with Crippen molar-refractivity contribution < 1.29 is 23.9 Å². The Bertz CT molecular complexity index is 587. The summed E-state index contributed by atoms with van der Waals surface area (Å²) >= 11 is 5.72. The predicted molar refractivity (Wildman–Crippen MR) is 89.3 cm³/mol. The van der Waals surface area contributed by atoms with Gasteiger partial charge in [0.05, 0.1) is 6.61 Å². The van der Waals surface area contributed by atoms with Crippen LogP contribution in [0.4, 0.5) is 0 Å². The highest BCUT2D eigenvalue weighted by atomic mass is 35.5. The molecule has 24 heavy (non-hydrogen) atoms. The number of nitrogens with one attached hydrogen (secondary N) is 1. The van der Waals surface area contributed by atoms with Gasteiger partial charge in [-0.1, -0.05) is 31.2 Å². The number of benzene rings is 1. The van der Waals surface area contributed by atoms with E-state index in [4.69, 9.17) is 21.1 Å². The molecule has 0 saturated heterocycles. The molecular weight excluding hydrogens is 334 g/mol. The van der Waals surface area contributed by atoms with E-state index in [0.29, 0.717) is 5.88 Å². The molecule has 132 valence electrons. The zero-order valence-electron chi connectivity index (χ0n) is 14.1. The van der Waals surface area contributed by atoms with Gasteiger partial charge in [0, 0.05) is 12.8 Å². The summed E-state index contributed by atoms with van der Waals surface area (Å²) in [6, 6.07) is 7.20. The van der Waals surface area contributed by atoms with E-state index in [9.17, 15) is 14.4 Å². The molecule has 6 nitrogen and oxygen atoms in total. The zero-order chi connectivity index (χ0) is 18.2. The molecule has 0 aliphatic rings. The first kappa shape index (κ1) is 20.0. The standard InChI is InChI=1S/C17H22ClNO5/c1-4-17(19-12(3)20,15(21)23-5-2)16(22)24-11-14-8-6-13(10-18)7-9-14/h6-9H,4-5,10-11H2,1-3H3,(H,19,20). The van der Waals surface area contributed by atoms with Crippen LogP contribution < -0.4 is 5.32 Å². The second-order valence-corrected chi connectivity index (χ2v) is 5.45. The van der Waals surface area contributed by atoms with E-state index in [1.165, 1.54) is 6.92 Å². The third-order valence-corrected chi connectivity index (χ3v) is 3.75. The summed E-state index contributed by atoms with van der Waals surface area (Å²) in [7, 11) is 0. The summed E-state index contributed by atoms with van der Waals surface area (Å²) in [6.45, 7) is 4.51. The third kappa shape index (κ3) is 4.96. The van der Waals surface area contributed by atoms with Crippen LogP contribution >= 0.6 is 11.6 Å². The molecule has 1 N–H and O–H groups in total. The summed E-state index contributed by atoms with van der Waals surface area (Å²) in [5.74, 6) is -1.80. The van der Waals surface area contributed by atoms with Gasteiger partial charge in [0.15, 0.2) is 0 Å². The molecule has 1 atom stereocenters. The first-order valence-electron chi connectivity index (χ1n) is 7.66. The van der Waals surface area contributed by atoms with E-state index in [-0.39, 0.29) is 19.6 Å². The minimum Gasteiger partial charge on any atom is -0.464 e. The lowest BCUT2D eigenvalue weighted by atomic mass is 9.96. The zero-order valence-corrected chi connectivity index (χ0v) is 14.8. The van der Waals surface area contributed by atoms with Crippen LogP contribution in [0.3, 0.4) is 0 Å². The molecule has 0 fully saturated rings. The average molecular weight is 356 g/mol. The van der Waals surface area contributed by atoms with Gasteiger partial charge in [0.1, 0.15) is 6.61 Å². The highest BCUT2D eigenvalue weighted by Crippen LogP contribution is 2.17. The number of halogens is 1. The molecule has 0 aliphatic carbocycles. The van der Waals surface area contributed by atoms with E-state index >= 15 is 0 Å². The third-order valence-electron chi connectivity index (χ3n) is 3.44. The second kappa shape index (κ2) is 9.27. The largest absolute Gasteiger partial charge is 0.464 e. The van der Waals surface area contributed by atoms with Gasteiger partial charge in [0.25, 0.3) is 0 Å². The highest BCUT2D eigenvalue weighted by molar-refractivity contribution is 6.17. The fourth-order valence-corrected chi connectivity index (χ4v) is 2.29. The minimum atomic E-state index is -1.84. The Hall–Kier alpha value is -2.08. The van der Waals surface area contributed by atoms with Gasteiger partial charge >= 0.3 is 11.9 Å². The van der Waals surface area contributed by atoms with Crippen molar-refractivity contribution in [3.8, 4) is 0 Å². The molecule has 0 aromatic heterocycles. The van der Waals surface area contributed by atoms with Gasteiger partial charge in [-0.3, -0.25) is 4.79 Å². The lowest BCUT2D eigenvalue weighted by Gasteiger charge is -2.28. The Kier molecular flexibility index (Phi) is 7.71. The number of rotatable bonds is 8. The van der Waals surface area contributed by atoms with Crippen molar-refractivity contribution in [1.82, 2.24) is 5.32 Å². The fraction of sp³-hybridized carbons (Fsp3) is 0.471. The SMILES string of the molecule is CCOC(=O)C(CC)(NC(C)=O)C(=O)OCc1ccc(CCl)cc1. The molecule has 1 aromatic carbocycles. The topological polar surface area (TPSA) is 81.7 Å². The van der Waals surface area contributed by atoms with Crippen molar-refractivity contribution in [2.45, 2.75) is 45.2 Å². The lowest BCUT2D eigenvalue weighted by molar-refractivity contribution is -0.169. The van der Waals surface area contributed by atoms with Crippen molar-refractivity contribution in [1.29, 1.82) is 0 Å². The monoisotopic (exact) mass is 355 g/mol. The Morgan fingerprint density at radius 2 is 1.58 bits per heavy atom. The first-order valence-corrected chi connectivity index (χ1v) is 8.20. The molecule has 0 bridgehead atoms. The lowest BCUT2D eigenvalue weighted by Crippen LogP contribution is -2.60. The summed E-state index contributed by atoms with van der Waals surface area (Å²) in [4.78, 5) is 36.1. The first-order chi connectivity index (χ1) is 11.4. The Balaban J connectivity index is 2.89. The summed E-state index contributed by atoms with van der Waals surface area (Å²) in [5.41, 5.74) is -0.147. The van der Waals surface area contributed by atoms with E-state index in [1.807, 2.05) is 12.1 Å². The molecule has 7 heteroatoms. The van der Waals surface area contributed by atoms with Crippen LogP contribution in [0.2, 0.25) is 0 Å². The second-order valence-electron chi connectivity index (χ2n) is 5.19. The van der Waals surface area contributed by atoms with Crippen molar-refractivity contribution in [2.75, 3.05) is 6.61 Å². The quantitative estimate of drug-likeness (QED) is 0.439. The maximum Gasteiger partial charge on any atom is 0.344 e. The molecule has 1 unspecified atom stereocenters. The number of carbonyl (C=O) groups excluding carboxylic acids is 3. The highest BCUT2D eigenvalue weighted by Gasteiger charge is 2.48. The van der Waals surface area contributed by atoms with Gasteiger partial charge in [0.2, 0.25) is 11.4 Å². The van der Waals surface area contributed by atoms with Crippen LogP contribution in [0.1, 0.15) is 38.3 Å². The van der Waals surface area contributed by atoms with Crippen molar-refractivity contribution in [2.24, 2.45) is 0 Å². The van der Waals surface area contributed by atoms with E-state index in [0.717, 1.165) is 11.1 Å². The van der Waals surface area contributed by atoms with Gasteiger partial charge in [-0.05, 0) is 24.5 Å². The van der Waals surface area contributed by atoms with Gasteiger partial charge in [-0.2, -0.15) is 0 Å². The van der Waals surface area contributed by atoms with Crippen molar-refractivity contribution in [3.63, 3.8) is 0 Å². The van der Waals surface area contributed by atoms with E-state index in [1.54, 1.807) is 26.0 Å². The predicted octanol–water partition coefficient (Wildman–Crippen LogP) is 2.32. The number of alkyl halides is 1. The van der Waals surface area contributed by atoms with Gasteiger partial charge < -0.3 is 14.8 Å². The fourth-order valence-electron chi connectivity index (χ4n) is 2.11. The maximum atomic E-state index is 12.5. The van der Waals surface area contributed by atoms with Crippen LogP contribution in [-0.2, 0) is 36.3 Å². The van der Waals surface area contributed by atoms with Crippen LogP contribution in [0.15, 0.2) is 24.3 Å². The minimum absolute atomic E-state index is 0.0232. The maximum absolute atomic E-state index is 12.5. The molecule has 0 heterocycles. The van der Waals surface area contributed by atoms with E-state index in [2.05, 4.69) is 5.32 Å². The Morgan fingerprint density at radius 1 is 1.04 bits per heavy atom. The van der Waals surface area contributed by atoms with Crippen LogP contribution in [0.25, 0.3) is 0 Å². The number of esters is 2. The molecule has 0 saturated carbocycles. The average Bonchev–Trinajstić information content (AvgIpc) is 2.57.